The molecule has 1 saturated heterocycles. The summed E-state index contributed by atoms with van der Waals surface area (Å²) < 4.78 is 10.6. The van der Waals surface area contributed by atoms with Crippen LogP contribution in [0, 0.1) is 0 Å². The molecule has 0 radical (unpaired) electrons. The molecule has 0 bridgehead atoms. The number of rotatable bonds is 7. The monoisotopic (exact) mass is 422 g/mol. The van der Waals surface area contributed by atoms with Crippen LogP contribution < -0.4 is 0 Å². The van der Waals surface area contributed by atoms with Crippen molar-refractivity contribution >= 4 is 18.0 Å². The fraction of sp³-hybridized carbons (Fsp3) is 0.292. The summed E-state index contributed by atoms with van der Waals surface area (Å²) in [5.41, 5.74) is 0.0837. The molecule has 0 aromatic heterocycles. The van der Waals surface area contributed by atoms with Crippen LogP contribution in [-0.4, -0.2) is 53.0 Å². The average Bonchev–Trinajstić information content (AvgIpc) is 2.80. The first-order chi connectivity index (χ1) is 15.0. The molecule has 31 heavy (non-hydrogen) atoms. The number of esters is 1. The van der Waals surface area contributed by atoms with Crippen LogP contribution in [0.15, 0.2) is 73.3 Å². The highest BCUT2D eigenvalue weighted by atomic mass is 16.6. The molecule has 1 atom stereocenters. The Morgan fingerprint density at radius 3 is 2.23 bits per heavy atom. The molecule has 7 nitrogen and oxygen atoms in total. The van der Waals surface area contributed by atoms with Crippen LogP contribution in [-0.2, 0) is 32.2 Å². The summed E-state index contributed by atoms with van der Waals surface area (Å²) in [7, 11) is 0. The molecule has 1 aliphatic rings. The summed E-state index contributed by atoms with van der Waals surface area (Å²) in [4.78, 5) is 41.7. The highest BCUT2D eigenvalue weighted by molar-refractivity contribution is 6.11. The molecule has 1 unspecified atom stereocenters. The van der Waals surface area contributed by atoms with Gasteiger partial charge in [0, 0.05) is 19.6 Å². The Morgan fingerprint density at radius 1 is 1.00 bits per heavy atom. The second kappa shape index (κ2) is 10.0. The molecule has 3 rings (SSSR count). The van der Waals surface area contributed by atoms with Gasteiger partial charge in [-0.15, -0.1) is 0 Å². The molecule has 1 fully saturated rings. The van der Waals surface area contributed by atoms with Gasteiger partial charge >= 0.3 is 12.1 Å². The van der Waals surface area contributed by atoms with Gasteiger partial charge in [0.15, 0.2) is 5.54 Å². The average molecular weight is 422 g/mol. The predicted molar refractivity (Wildman–Crippen MR) is 115 cm³/mol. The molecular formula is C24H26N2O5. The molecule has 0 spiro atoms. The Morgan fingerprint density at radius 2 is 1.61 bits per heavy atom. The second-order valence-electron chi connectivity index (χ2n) is 7.36. The van der Waals surface area contributed by atoms with Crippen LogP contribution in [0.5, 0.6) is 0 Å². The van der Waals surface area contributed by atoms with Crippen molar-refractivity contribution in [3.63, 3.8) is 0 Å². The maximum atomic E-state index is 13.4. The Labute approximate surface area is 181 Å². The Hall–Kier alpha value is -3.45. The van der Waals surface area contributed by atoms with E-state index in [0.29, 0.717) is 13.1 Å². The number of benzene rings is 2. The number of amides is 2. The van der Waals surface area contributed by atoms with Crippen molar-refractivity contribution in [1.29, 1.82) is 0 Å². The van der Waals surface area contributed by atoms with E-state index < -0.39 is 23.5 Å². The molecule has 0 N–H and O–H groups in total. The number of ether oxygens (including phenoxy) is 2. The zero-order chi connectivity index (χ0) is 22.3. The fourth-order valence-corrected chi connectivity index (χ4v) is 3.45. The Balaban J connectivity index is 1.79. The number of carbonyl (C=O) groups excluding carboxylic acids is 3. The minimum Gasteiger partial charge on any atom is -0.460 e. The maximum Gasteiger partial charge on any atom is 0.416 e. The molecule has 2 amide bonds. The van der Waals surface area contributed by atoms with Crippen LogP contribution in [0.25, 0.3) is 0 Å². The van der Waals surface area contributed by atoms with Gasteiger partial charge in [0.1, 0.15) is 13.2 Å². The summed E-state index contributed by atoms with van der Waals surface area (Å²) in [5, 5.41) is 0. The van der Waals surface area contributed by atoms with Gasteiger partial charge < -0.3 is 9.47 Å². The zero-order valence-electron chi connectivity index (χ0n) is 17.5. The summed E-state index contributed by atoms with van der Waals surface area (Å²) in [5.74, 6) is -1.39. The van der Waals surface area contributed by atoms with E-state index in [2.05, 4.69) is 6.58 Å². The van der Waals surface area contributed by atoms with Crippen molar-refractivity contribution in [1.82, 2.24) is 9.80 Å². The zero-order valence-corrected chi connectivity index (χ0v) is 17.5. The van der Waals surface area contributed by atoms with Crippen LogP contribution in [0.2, 0.25) is 0 Å². The lowest BCUT2D eigenvalue weighted by Gasteiger charge is -2.44. The summed E-state index contributed by atoms with van der Waals surface area (Å²) in [6.07, 6.45) is 0.651. The molecular weight excluding hydrogens is 396 g/mol. The van der Waals surface area contributed by atoms with Gasteiger partial charge in [-0.25, -0.2) is 14.5 Å². The van der Waals surface area contributed by atoms with Crippen molar-refractivity contribution in [3.8, 4) is 0 Å². The number of hydrogen-bond acceptors (Lipinski definition) is 6. The first kappa shape index (κ1) is 22.2. The van der Waals surface area contributed by atoms with Crippen LogP contribution in [0.4, 0.5) is 4.79 Å². The number of carbonyl (C=O) groups is 3. The third kappa shape index (κ3) is 5.00. The quantitative estimate of drug-likeness (QED) is 0.388. The summed E-state index contributed by atoms with van der Waals surface area (Å²) in [6, 6.07) is 18.7. The number of imide groups is 1. The number of piperazine rings is 1. The number of nitrogens with zero attached hydrogens (tertiary/aromatic N) is 2. The molecule has 2 aromatic rings. The fourth-order valence-electron chi connectivity index (χ4n) is 3.45. The first-order valence-corrected chi connectivity index (χ1v) is 10.1. The lowest BCUT2D eigenvalue weighted by atomic mass is 9.94. The molecule has 1 heterocycles. The first-order valence-electron chi connectivity index (χ1n) is 10.1. The van der Waals surface area contributed by atoms with E-state index in [0.717, 1.165) is 16.0 Å². The largest absolute Gasteiger partial charge is 0.460 e. The Kier molecular flexibility index (Phi) is 7.20. The highest BCUT2D eigenvalue weighted by Gasteiger charge is 2.54. The number of hydrogen-bond donors (Lipinski definition) is 0. The predicted octanol–water partition coefficient (Wildman–Crippen LogP) is 3.16. The highest BCUT2D eigenvalue weighted by Crippen LogP contribution is 2.27. The van der Waals surface area contributed by atoms with Crippen molar-refractivity contribution in [3.05, 3.63) is 84.4 Å². The molecule has 2 aromatic carbocycles. The van der Waals surface area contributed by atoms with E-state index in [1.807, 2.05) is 60.7 Å². The molecule has 0 saturated carbocycles. The van der Waals surface area contributed by atoms with Crippen molar-refractivity contribution in [2.45, 2.75) is 25.6 Å². The van der Waals surface area contributed by atoms with Gasteiger partial charge in [0.2, 0.25) is 0 Å². The van der Waals surface area contributed by atoms with E-state index in [9.17, 15) is 14.4 Å². The standard InChI is InChI=1S/C24H26N2O5/c1-3-16-30-22(28)24(2)21(27)26(23(29)31-18-20-12-8-5-9-13-20)15-14-25(24)17-19-10-6-4-7-11-19/h3-13H,1,14-18H2,2H3. The minimum atomic E-state index is -1.66. The van der Waals surface area contributed by atoms with Crippen LogP contribution >= 0.6 is 0 Å². The van der Waals surface area contributed by atoms with Gasteiger partial charge in [-0.2, -0.15) is 0 Å². The van der Waals surface area contributed by atoms with Gasteiger partial charge in [-0.3, -0.25) is 9.69 Å². The van der Waals surface area contributed by atoms with E-state index in [1.54, 1.807) is 4.90 Å². The normalized spacial score (nSPS) is 19.0. The lowest BCUT2D eigenvalue weighted by molar-refractivity contribution is -0.170. The second-order valence-corrected chi connectivity index (χ2v) is 7.36. The summed E-state index contributed by atoms with van der Waals surface area (Å²) in [6.45, 7) is 5.82. The third-order valence-corrected chi connectivity index (χ3v) is 5.26. The maximum absolute atomic E-state index is 13.4. The molecule has 1 aliphatic heterocycles. The third-order valence-electron chi connectivity index (χ3n) is 5.26. The van der Waals surface area contributed by atoms with E-state index in [4.69, 9.17) is 9.47 Å². The topological polar surface area (TPSA) is 76.2 Å². The summed E-state index contributed by atoms with van der Waals surface area (Å²) >= 11 is 0. The van der Waals surface area contributed by atoms with Crippen LogP contribution in [0.3, 0.4) is 0 Å². The van der Waals surface area contributed by atoms with Gasteiger partial charge in [-0.05, 0) is 18.1 Å². The van der Waals surface area contributed by atoms with E-state index >= 15 is 0 Å². The van der Waals surface area contributed by atoms with Gasteiger partial charge in [-0.1, -0.05) is 73.3 Å². The Bertz CT molecular complexity index is 932. The van der Waals surface area contributed by atoms with E-state index in [-0.39, 0.29) is 19.8 Å². The van der Waals surface area contributed by atoms with Gasteiger partial charge in [0.05, 0.1) is 0 Å². The lowest BCUT2D eigenvalue weighted by Crippen LogP contribution is -2.69. The minimum absolute atomic E-state index is 0.0284. The molecule has 7 heteroatoms. The van der Waals surface area contributed by atoms with E-state index in [1.165, 1.54) is 13.0 Å². The van der Waals surface area contributed by atoms with Crippen molar-refractivity contribution < 1.29 is 23.9 Å². The molecule has 162 valence electrons. The molecule has 0 aliphatic carbocycles. The van der Waals surface area contributed by atoms with Gasteiger partial charge in [0.25, 0.3) is 5.91 Å². The van der Waals surface area contributed by atoms with Crippen LogP contribution in [0.1, 0.15) is 18.1 Å². The smallest absolute Gasteiger partial charge is 0.416 e. The SMILES string of the molecule is C=CCOC(=O)C1(C)C(=O)N(C(=O)OCc2ccccc2)CCN1Cc1ccccc1. The van der Waals surface area contributed by atoms with Crippen molar-refractivity contribution in [2.75, 3.05) is 19.7 Å². The van der Waals surface area contributed by atoms with Crippen molar-refractivity contribution in [2.24, 2.45) is 0 Å².